The van der Waals surface area contributed by atoms with E-state index < -0.39 is 0 Å². The normalized spacial score (nSPS) is 10.3. The van der Waals surface area contributed by atoms with Gasteiger partial charge >= 0.3 is 6.03 Å². The Morgan fingerprint density at radius 1 is 1.35 bits per heavy atom. The van der Waals surface area contributed by atoms with E-state index in [1.54, 1.807) is 32.0 Å². The number of methoxy groups -OCH3 is 1. The largest absolute Gasteiger partial charge is 0.493 e. The Balaban J connectivity index is 2.01. The molecule has 2 amide bonds. The second kappa shape index (κ2) is 7.53. The van der Waals surface area contributed by atoms with Gasteiger partial charge in [-0.05, 0) is 31.5 Å². The van der Waals surface area contributed by atoms with Gasteiger partial charge in [0.15, 0.2) is 17.3 Å². The summed E-state index contributed by atoms with van der Waals surface area (Å²) in [5.74, 6) is 2.36. The molecule has 0 unspecified atom stereocenters. The summed E-state index contributed by atoms with van der Waals surface area (Å²) in [6, 6.07) is 6.98. The molecule has 1 aromatic heterocycles. The average Bonchev–Trinajstić information content (AvgIpc) is 2.93. The molecule has 0 radical (unpaired) electrons. The molecule has 7 heteroatoms. The molecule has 1 aromatic carbocycles. The fraction of sp³-hybridized carbons (Fsp3) is 0.375. The van der Waals surface area contributed by atoms with Crippen LogP contribution in [0.5, 0.6) is 11.5 Å². The lowest BCUT2D eigenvalue weighted by Crippen LogP contribution is -2.30. The molecule has 2 rings (SSSR count). The molecule has 0 aliphatic rings. The number of aryl methyl sites for hydroxylation is 1. The lowest BCUT2D eigenvalue weighted by atomic mass is 10.2. The number of benzene rings is 1. The van der Waals surface area contributed by atoms with Gasteiger partial charge in [0.25, 0.3) is 0 Å². The van der Waals surface area contributed by atoms with E-state index in [4.69, 9.17) is 14.0 Å². The van der Waals surface area contributed by atoms with Crippen molar-refractivity contribution in [2.45, 2.75) is 20.4 Å². The van der Waals surface area contributed by atoms with Crippen molar-refractivity contribution in [1.82, 2.24) is 10.1 Å². The summed E-state index contributed by atoms with van der Waals surface area (Å²) in [6.07, 6.45) is 0. The van der Waals surface area contributed by atoms with Crippen LogP contribution in [0.15, 0.2) is 28.8 Å². The summed E-state index contributed by atoms with van der Waals surface area (Å²) in [7, 11) is 3.29. The van der Waals surface area contributed by atoms with Crippen LogP contribution < -0.4 is 14.8 Å². The SMILES string of the molecule is CCOc1ccc(CN(C)C(=O)Nc2cc(C)on2)cc1OC. The second-order valence-electron chi connectivity index (χ2n) is 5.03. The van der Waals surface area contributed by atoms with E-state index in [0.29, 0.717) is 36.2 Å². The van der Waals surface area contributed by atoms with Crippen LogP contribution in [0.4, 0.5) is 10.6 Å². The fourth-order valence-electron chi connectivity index (χ4n) is 2.06. The van der Waals surface area contributed by atoms with Gasteiger partial charge in [0.1, 0.15) is 5.76 Å². The molecular formula is C16H21N3O4. The Hall–Kier alpha value is -2.70. The Morgan fingerprint density at radius 2 is 2.13 bits per heavy atom. The molecule has 1 heterocycles. The molecule has 0 saturated carbocycles. The maximum atomic E-state index is 12.1. The van der Waals surface area contributed by atoms with Crippen molar-refractivity contribution >= 4 is 11.8 Å². The number of carbonyl (C=O) groups is 1. The van der Waals surface area contributed by atoms with E-state index >= 15 is 0 Å². The Labute approximate surface area is 135 Å². The monoisotopic (exact) mass is 319 g/mol. The fourth-order valence-corrected chi connectivity index (χ4v) is 2.06. The Morgan fingerprint density at radius 3 is 2.74 bits per heavy atom. The van der Waals surface area contributed by atoms with Crippen LogP contribution in [0.3, 0.4) is 0 Å². The van der Waals surface area contributed by atoms with Crippen LogP contribution in [0.25, 0.3) is 0 Å². The highest BCUT2D eigenvalue weighted by Crippen LogP contribution is 2.28. The average molecular weight is 319 g/mol. The maximum Gasteiger partial charge on any atom is 0.323 e. The molecule has 0 fully saturated rings. The van der Waals surface area contributed by atoms with Crippen molar-refractivity contribution in [3.05, 3.63) is 35.6 Å². The molecule has 0 aliphatic heterocycles. The number of nitrogens with zero attached hydrogens (tertiary/aromatic N) is 2. The van der Waals surface area contributed by atoms with Crippen LogP contribution in [0.2, 0.25) is 0 Å². The highest BCUT2D eigenvalue weighted by Gasteiger charge is 2.13. The van der Waals surface area contributed by atoms with Crippen molar-refractivity contribution in [2.24, 2.45) is 0 Å². The lowest BCUT2D eigenvalue weighted by molar-refractivity contribution is 0.220. The van der Waals surface area contributed by atoms with E-state index in [2.05, 4.69) is 10.5 Å². The van der Waals surface area contributed by atoms with Crippen molar-refractivity contribution in [3.63, 3.8) is 0 Å². The summed E-state index contributed by atoms with van der Waals surface area (Å²) in [5, 5.41) is 6.40. The van der Waals surface area contributed by atoms with E-state index in [1.807, 2.05) is 25.1 Å². The first kappa shape index (κ1) is 16.7. The van der Waals surface area contributed by atoms with Gasteiger partial charge in [-0.25, -0.2) is 4.79 Å². The topological polar surface area (TPSA) is 76.8 Å². The van der Waals surface area contributed by atoms with Gasteiger partial charge in [-0.15, -0.1) is 0 Å². The standard InChI is InChI=1S/C16H21N3O4/c1-5-22-13-7-6-12(9-14(13)21-4)10-19(3)16(20)17-15-8-11(2)23-18-15/h6-9H,5,10H2,1-4H3,(H,17,18,20). The smallest absolute Gasteiger partial charge is 0.323 e. The number of urea groups is 1. The van der Waals surface area contributed by atoms with E-state index in [-0.39, 0.29) is 6.03 Å². The number of carbonyl (C=O) groups excluding carboxylic acids is 1. The van der Waals surface area contributed by atoms with Crippen molar-refractivity contribution in [1.29, 1.82) is 0 Å². The van der Waals surface area contributed by atoms with Crippen LogP contribution in [-0.4, -0.2) is 36.9 Å². The van der Waals surface area contributed by atoms with E-state index in [1.165, 1.54) is 0 Å². The molecule has 0 saturated heterocycles. The zero-order chi connectivity index (χ0) is 16.8. The van der Waals surface area contributed by atoms with Crippen LogP contribution >= 0.6 is 0 Å². The van der Waals surface area contributed by atoms with Crippen molar-refractivity contribution in [3.8, 4) is 11.5 Å². The molecule has 0 spiro atoms. The molecule has 0 aliphatic carbocycles. The van der Waals surface area contributed by atoms with Gasteiger partial charge in [-0.2, -0.15) is 0 Å². The third-order valence-electron chi connectivity index (χ3n) is 3.16. The van der Waals surface area contributed by atoms with Gasteiger partial charge in [0.05, 0.1) is 13.7 Å². The molecule has 23 heavy (non-hydrogen) atoms. The van der Waals surface area contributed by atoms with Crippen molar-refractivity contribution in [2.75, 3.05) is 26.1 Å². The molecule has 124 valence electrons. The summed E-state index contributed by atoms with van der Waals surface area (Å²) < 4.78 is 15.7. The lowest BCUT2D eigenvalue weighted by Gasteiger charge is -2.18. The van der Waals surface area contributed by atoms with Crippen molar-refractivity contribution < 1.29 is 18.8 Å². The van der Waals surface area contributed by atoms with Gasteiger partial charge in [-0.1, -0.05) is 11.2 Å². The second-order valence-corrected chi connectivity index (χ2v) is 5.03. The molecular weight excluding hydrogens is 298 g/mol. The van der Waals surface area contributed by atoms with Crippen LogP contribution in [0.1, 0.15) is 18.2 Å². The first-order valence-corrected chi connectivity index (χ1v) is 7.28. The molecule has 7 nitrogen and oxygen atoms in total. The zero-order valence-electron chi connectivity index (χ0n) is 13.8. The number of hydrogen-bond acceptors (Lipinski definition) is 5. The number of anilines is 1. The predicted octanol–water partition coefficient (Wildman–Crippen LogP) is 3.05. The highest BCUT2D eigenvalue weighted by atomic mass is 16.5. The Bertz CT molecular complexity index is 669. The quantitative estimate of drug-likeness (QED) is 0.885. The number of ether oxygens (including phenoxy) is 2. The summed E-state index contributed by atoms with van der Waals surface area (Å²) in [5.41, 5.74) is 0.930. The number of rotatable bonds is 6. The maximum absolute atomic E-state index is 12.1. The third-order valence-corrected chi connectivity index (χ3v) is 3.16. The minimum absolute atomic E-state index is 0.272. The molecule has 1 N–H and O–H groups in total. The van der Waals surface area contributed by atoms with Gasteiger partial charge in [0.2, 0.25) is 0 Å². The summed E-state index contributed by atoms with van der Waals surface area (Å²) in [6.45, 7) is 4.66. The number of amides is 2. The molecule has 0 atom stereocenters. The number of aromatic nitrogens is 1. The zero-order valence-corrected chi connectivity index (χ0v) is 13.8. The minimum atomic E-state index is -0.272. The summed E-state index contributed by atoms with van der Waals surface area (Å²) in [4.78, 5) is 13.7. The first-order chi connectivity index (χ1) is 11.0. The van der Waals surface area contributed by atoms with Crippen LogP contribution in [-0.2, 0) is 6.54 Å². The molecule has 0 bridgehead atoms. The van der Waals surface area contributed by atoms with E-state index in [9.17, 15) is 4.79 Å². The van der Waals surface area contributed by atoms with Gasteiger partial charge < -0.3 is 18.9 Å². The molecule has 2 aromatic rings. The van der Waals surface area contributed by atoms with Gasteiger partial charge in [0, 0.05) is 19.7 Å². The number of nitrogens with one attached hydrogen (secondary N) is 1. The number of hydrogen-bond donors (Lipinski definition) is 1. The van der Waals surface area contributed by atoms with E-state index in [0.717, 1.165) is 5.56 Å². The third kappa shape index (κ3) is 4.38. The summed E-state index contributed by atoms with van der Waals surface area (Å²) >= 11 is 0. The van der Waals surface area contributed by atoms with Gasteiger partial charge in [-0.3, -0.25) is 5.32 Å². The predicted molar refractivity (Wildman–Crippen MR) is 85.9 cm³/mol. The first-order valence-electron chi connectivity index (χ1n) is 7.28. The highest BCUT2D eigenvalue weighted by molar-refractivity contribution is 5.88. The van der Waals surface area contributed by atoms with Crippen LogP contribution in [0, 0.1) is 6.92 Å². The minimum Gasteiger partial charge on any atom is -0.493 e. The Kier molecular flexibility index (Phi) is 5.46.